The third-order valence-corrected chi connectivity index (χ3v) is 5.14. The van der Waals surface area contributed by atoms with Crippen LogP contribution in [0, 0.1) is 12.3 Å². The fraction of sp³-hybridized carbons (Fsp3) is 0.312. The van der Waals surface area contributed by atoms with Gasteiger partial charge in [-0.2, -0.15) is 5.10 Å². The van der Waals surface area contributed by atoms with Gasteiger partial charge in [0.2, 0.25) is 0 Å². The predicted molar refractivity (Wildman–Crippen MR) is 103 cm³/mol. The molecular weight excluding hydrogens is 382 g/mol. The lowest BCUT2D eigenvalue weighted by Crippen LogP contribution is -2.37. The predicted octanol–water partition coefficient (Wildman–Crippen LogP) is 0.503. The smallest absolute Gasteiger partial charge is 0.271 e. The van der Waals surface area contributed by atoms with Gasteiger partial charge in [0.05, 0.1) is 23.3 Å². The van der Waals surface area contributed by atoms with Crippen molar-refractivity contribution in [3.63, 3.8) is 0 Å². The highest BCUT2D eigenvalue weighted by atomic mass is 32.1. The fourth-order valence-electron chi connectivity index (χ4n) is 2.61. The maximum atomic E-state index is 12.8. The third-order valence-electron chi connectivity index (χ3n) is 3.96. The van der Waals surface area contributed by atoms with Gasteiger partial charge in [-0.05, 0) is 13.8 Å². The first-order valence-corrected chi connectivity index (χ1v) is 9.12. The summed E-state index contributed by atoms with van der Waals surface area (Å²) in [6.45, 7) is 3.56. The van der Waals surface area contributed by atoms with E-state index in [4.69, 9.17) is 5.41 Å². The second-order valence-electron chi connectivity index (χ2n) is 5.97. The molecule has 0 spiro atoms. The van der Waals surface area contributed by atoms with E-state index < -0.39 is 11.9 Å². The van der Waals surface area contributed by atoms with Gasteiger partial charge in [-0.15, -0.1) is 11.3 Å². The monoisotopic (exact) mass is 401 g/mol. The number of carbonyl (C=O) groups excluding carboxylic acids is 2. The lowest BCUT2D eigenvalue weighted by atomic mass is 10.2. The molecule has 0 aliphatic rings. The van der Waals surface area contributed by atoms with Crippen LogP contribution in [0.15, 0.2) is 12.5 Å². The number of nitrogens with zero attached hydrogens (tertiary/aromatic N) is 5. The van der Waals surface area contributed by atoms with E-state index >= 15 is 0 Å². The SMILES string of the molecule is CNC(=N)NC(=O)c1cnc(C(C)NC(=O)c2ncnc3c2c(C)nn3C)s1. The fourth-order valence-corrected chi connectivity index (χ4v) is 3.42. The van der Waals surface area contributed by atoms with Crippen molar-refractivity contribution in [3.05, 3.63) is 33.8 Å². The van der Waals surface area contributed by atoms with E-state index in [1.807, 2.05) is 0 Å². The van der Waals surface area contributed by atoms with Crippen LogP contribution in [-0.4, -0.2) is 49.6 Å². The van der Waals surface area contributed by atoms with Gasteiger partial charge in [-0.3, -0.25) is 25.0 Å². The lowest BCUT2D eigenvalue weighted by Gasteiger charge is -2.11. The maximum absolute atomic E-state index is 12.8. The molecule has 0 saturated carbocycles. The van der Waals surface area contributed by atoms with E-state index in [2.05, 4.69) is 36.0 Å². The molecule has 0 aliphatic heterocycles. The molecule has 3 rings (SSSR count). The molecule has 3 aromatic rings. The van der Waals surface area contributed by atoms with E-state index in [0.717, 1.165) is 11.3 Å². The van der Waals surface area contributed by atoms with Gasteiger partial charge in [-0.1, -0.05) is 0 Å². The van der Waals surface area contributed by atoms with Gasteiger partial charge in [0.15, 0.2) is 11.6 Å². The van der Waals surface area contributed by atoms with Crippen LogP contribution < -0.4 is 16.0 Å². The quantitative estimate of drug-likeness (QED) is 0.367. The van der Waals surface area contributed by atoms with Gasteiger partial charge in [-0.25, -0.2) is 15.0 Å². The second kappa shape index (κ2) is 7.68. The average Bonchev–Trinajstić information content (AvgIpc) is 3.27. The van der Waals surface area contributed by atoms with Gasteiger partial charge in [0.25, 0.3) is 11.8 Å². The summed E-state index contributed by atoms with van der Waals surface area (Å²) in [4.78, 5) is 37.6. The average molecular weight is 401 g/mol. The standard InChI is InChI=1S/C16H19N9O2S/c1-7-10-11(20-6-21-12(10)25(4)24-7)14(27)22-8(2)15-19-5-9(28-15)13(26)23-16(17)18-3/h5-6,8H,1-4H3,(H,22,27)(H3,17,18,23,26). The molecule has 0 saturated heterocycles. The Bertz CT molecular complexity index is 1070. The molecule has 28 heavy (non-hydrogen) atoms. The molecule has 3 heterocycles. The van der Waals surface area contributed by atoms with Crippen molar-refractivity contribution in [2.75, 3.05) is 7.05 Å². The van der Waals surface area contributed by atoms with Crippen LogP contribution in [-0.2, 0) is 7.05 Å². The van der Waals surface area contributed by atoms with Gasteiger partial charge in [0, 0.05) is 14.1 Å². The van der Waals surface area contributed by atoms with Crippen molar-refractivity contribution in [1.82, 2.24) is 40.7 Å². The minimum atomic E-state index is -0.440. The van der Waals surface area contributed by atoms with Crippen molar-refractivity contribution in [2.24, 2.45) is 7.05 Å². The van der Waals surface area contributed by atoms with E-state index in [9.17, 15) is 9.59 Å². The Balaban J connectivity index is 1.77. The van der Waals surface area contributed by atoms with Gasteiger partial charge in [0.1, 0.15) is 21.9 Å². The van der Waals surface area contributed by atoms with E-state index in [-0.39, 0.29) is 17.6 Å². The van der Waals surface area contributed by atoms with Crippen LogP contribution in [0.2, 0.25) is 0 Å². The Morgan fingerprint density at radius 3 is 2.71 bits per heavy atom. The van der Waals surface area contributed by atoms with Crippen LogP contribution >= 0.6 is 11.3 Å². The van der Waals surface area contributed by atoms with Gasteiger partial charge < -0.3 is 10.6 Å². The summed E-state index contributed by atoms with van der Waals surface area (Å²) < 4.78 is 1.60. The molecule has 0 aromatic carbocycles. The highest BCUT2D eigenvalue weighted by Crippen LogP contribution is 2.22. The second-order valence-corrected chi connectivity index (χ2v) is 7.03. The summed E-state index contributed by atoms with van der Waals surface area (Å²) >= 11 is 1.14. The van der Waals surface area contributed by atoms with Crippen molar-refractivity contribution in [3.8, 4) is 0 Å². The number of guanidine groups is 1. The number of rotatable bonds is 4. The Hall–Kier alpha value is -3.41. The number of carbonyl (C=O) groups is 2. The number of hydrogen-bond acceptors (Lipinski definition) is 8. The minimum absolute atomic E-state index is 0.110. The maximum Gasteiger partial charge on any atom is 0.271 e. The normalized spacial score (nSPS) is 11.9. The number of aromatic nitrogens is 5. The molecule has 0 radical (unpaired) electrons. The zero-order valence-electron chi connectivity index (χ0n) is 15.7. The molecule has 1 atom stereocenters. The van der Waals surface area contributed by atoms with Gasteiger partial charge >= 0.3 is 0 Å². The molecule has 3 aromatic heterocycles. The van der Waals surface area contributed by atoms with E-state index in [1.54, 1.807) is 25.6 Å². The number of aryl methyl sites for hydroxylation is 2. The van der Waals surface area contributed by atoms with E-state index in [1.165, 1.54) is 19.6 Å². The van der Waals surface area contributed by atoms with Crippen LogP contribution in [0.4, 0.5) is 0 Å². The zero-order valence-corrected chi connectivity index (χ0v) is 16.5. The van der Waals surface area contributed by atoms with Crippen molar-refractivity contribution >= 4 is 40.1 Å². The van der Waals surface area contributed by atoms with Crippen molar-refractivity contribution in [2.45, 2.75) is 19.9 Å². The molecule has 4 N–H and O–H groups in total. The largest absolute Gasteiger partial charge is 0.359 e. The molecule has 12 heteroatoms. The minimum Gasteiger partial charge on any atom is -0.359 e. The number of nitrogens with one attached hydrogen (secondary N) is 4. The van der Waals surface area contributed by atoms with Crippen molar-refractivity contribution < 1.29 is 9.59 Å². The molecule has 0 fully saturated rings. The molecular formula is C16H19N9O2S. The first-order valence-electron chi connectivity index (χ1n) is 8.30. The van der Waals surface area contributed by atoms with E-state index in [0.29, 0.717) is 26.6 Å². The Kier molecular flexibility index (Phi) is 5.31. The van der Waals surface area contributed by atoms with Crippen LogP contribution in [0.3, 0.4) is 0 Å². The summed E-state index contributed by atoms with van der Waals surface area (Å²) in [5.41, 5.74) is 1.47. The molecule has 11 nitrogen and oxygen atoms in total. The number of hydrogen-bond donors (Lipinski definition) is 4. The summed E-state index contributed by atoms with van der Waals surface area (Å²) in [6, 6.07) is -0.440. The first kappa shape index (κ1) is 19.4. The number of amides is 2. The highest BCUT2D eigenvalue weighted by Gasteiger charge is 2.22. The first-order chi connectivity index (χ1) is 13.3. The highest BCUT2D eigenvalue weighted by molar-refractivity contribution is 7.13. The number of fused-ring (bicyclic) bond motifs is 1. The molecule has 1 unspecified atom stereocenters. The molecule has 0 bridgehead atoms. The van der Waals surface area contributed by atoms with Crippen molar-refractivity contribution in [1.29, 1.82) is 5.41 Å². The van der Waals surface area contributed by atoms with Crippen LogP contribution in [0.5, 0.6) is 0 Å². The third kappa shape index (κ3) is 3.67. The summed E-state index contributed by atoms with van der Waals surface area (Å²) in [5, 5.41) is 20.6. The molecule has 146 valence electrons. The van der Waals surface area contributed by atoms with Crippen LogP contribution in [0.1, 0.15) is 43.8 Å². The Morgan fingerprint density at radius 2 is 2.00 bits per heavy atom. The molecule has 0 aliphatic carbocycles. The summed E-state index contributed by atoms with van der Waals surface area (Å²) in [6.07, 6.45) is 2.74. The molecule has 2 amide bonds. The topological polar surface area (TPSA) is 151 Å². The lowest BCUT2D eigenvalue weighted by molar-refractivity contribution is 0.0935. The van der Waals surface area contributed by atoms with Crippen LogP contribution in [0.25, 0.3) is 11.0 Å². The number of thiazole rings is 1. The summed E-state index contributed by atoms with van der Waals surface area (Å²) in [5.74, 6) is -0.930. The Morgan fingerprint density at radius 1 is 1.25 bits per heavy atom. The summed E-state index contributed by atoms with van der Waals surface area (Å²) in [7, 11) is 3.29. The Labute approximate surface area is 164 Å². The zero-order chi connectivity index (χ0) is 20.4.